The maximum atomic E-state index is 12.7. The first-order valence-corrected chi connectivity index (χ1v) is 6.87. The van der Waals surface area contributed by atoms with Crippen LogP contribution in [0, 0.1) is 0 Å². The average molecular weight is 280 g/mol. The van der Waals surface area contributed by atoms with Crippen molar-refractivity contribution in [2.75, 3.05) is 19.6 Å². The zero-order valence-corrected chi connectivity index (χ0v) is 12.3. The van der Waals surface area contributed by atoms with E-state index in [0.29, 0.717) is 26.1 Å². The number of amides is 1. The fraction of sp³-hybridized carbons (Fsp3) is 0.600. The summed E-state index contributed by atoms with van der Waals surface area (Å²) in [6, 6.07) is -0.698. The molecular formula is C15H24N2O3. The first-order chi connectivity index (χ1) is 9.36. The van der Waals surface area contributed by atoms with Gasteiger partial charge in [-0.1, -0.05) is 12.2 Å². The molecule has 1 N–H and O–H groups in total. The molecule has 1 saturated heterocycles. The minimum absolute atomic E-state index is 0.147. The Bertz CT molecular complexity index is 394. The van der Waals surface area contributed by atoms with Gasteiger partial charge in [-0.05, 0) is 26.7 Å². The molecule has 20 heavy (non-hydrogen) atoms. The van der Waals surface area contributed by atoms with Crippen molar-refractivity contribution in [2.45, 2.75) is 38.3 Å². The summed E-state index contributed by atoms with van der Waals surface area (Å²) in [6.45, 7) is 12.7. The number of hydrogen-bond donors (Lipinski definition) is 1. The van der Waals surface area contributed by atoms with E-state index in [9.17, 15) is 14.7 Å². The maximum Gasteiger partial charge on any atom is 0.326 e. The van der Waals surface area contributed by atoms with Crippen LogP contribution in [0.15, 0.2) is 25.3 Å². The van der Waals surface area contributed by atoms with Crippen LogP contribution in [0.4, 0.5) is 0 Å². The summed E-state index contributed by atoms with van der Waals surface area (Å²) in [4.78, 5) is 27.4. The van der Waals surface area contributed by atoms with E-state index < -0.39 is 17.6 Å². The Labute approximate surface area is 120 Å². The van der Waals surface area contributed by atoms with Gasteiger partial charge in [0, 0.05) is 19.6 Å². The third-order valence-corrected chi connectivity index (χ3v) is 3.81. The molecule has 0 aromatic heterocycles. The minimum atomic E-state index is -0.925. The number of hydrogen-bond acceptors (Lipinski definition) is 3. The van der Waals surface area contributed by atoms with Crippen LogP contribution in [-0.2, 0) is 9.59 Å². The molecule has 1 aliphatic rings. The molecule has 1 amide bonds. The molecule has 5 nitrogen and oxygen atoms in total. The molecule has 0 aromatic carbocycles. The molecule has 1 fully saturated rings. The van der Waals surface area contributed by atoms with Gasteiger partial charge in [0.2, 0.25) is 5.91 Å². The molecule has 1 aliphatic heterocycles. The van der Waals surface area contributed by atoms with Crippen LogP contribution in [-0.4, -0.2) is 58.0 Å². The van der Waals surface area contributed by atoms with Crippen LogP contribution in [0.2, 0.25) is 0 Å². The van der Waals surface area contributed by atoms with Gasteiger partial charge in [-0.2, -0.15) is 0 Å². The summed E-state index contributed by atoms with van der Waals surface area (Å²) >= 11 is 0. The van der Waals surface area contributed by atoms with Crippen molar-refractivity contribution in [3.05, 3.63) is 25.3 Å². The molecule has 1 heterocycles. The average Bonchev–Trinajstić information content (AvgIpc) is 2.86. The lowest BCUT2D eigenvalue weighted by atomic mass is 9.99. The van der Waals surface area contributed by atoms with Crippen molar-refractivity contribution >= 4 is 11.9 Å². The van der Waals surface area contributed by atoms with E-state index in [2.05, 4.69) is 13.2 Å². The standard InChI is InChI=1S/C15H24N2O3/c1-5-9-16(10-6-2)15(3,4)14(20)17-11-7-8-12(17)13(18)19/h5-6,12H,1-2,7-11H2,3-4H3,(H,18,19). The van der Waals surface area contributed by atoms with E-state index in [4.69, 9.17) is 0 Å². The molecule has 0 spiro atoms. The van der Waals surface area contributed by atoms with Crippen molar-refractivity contribution in [2.24, 2.45) is 0 Å². The van der Waals surface area contributed by atoms with Gasteiger partial charge in [0.25, 0.3) is 0 Å². The maximum absolute atomic E-state index is 12.7. The van der Waals surface area contributed by atoms with E-state index in [-0.39, 0.29) is 5.91 Å². The van der Waals surface area contributed by atoms with Gasteiger partial charge in [0.15, 0.2) is 0 Å². The number of nitrogens with zero attached hydrogens (tertiary/aromatic N) is 2. The van der Waals surface area contributed by atoms with E-state index in [1.807, 2.05) is 18.7 Å². The van der Waals surface area contributed by atoms with Gasteiger partial charge in [-0.25, -0.2) is 4.79 Å². The lowest BCUT2D eigenvalue weighted by Gasteiger charge is -2.39. The third-order valence-electron chi connectivity index (χ3n) is 3.81. The number of carbonyl (C=O) groups is 2. The van der Waals surface area contributed by atoms with Gasteiger partial charge in [-0.15, -0.1) is 13.2 Å². The Morgan fingerprint density at radius 3 is 2.35 bits per heavy atom. The van der Waals surface area contributed by atoms with Crippen LogP contribution in [0.3, 0.4) is 0 Å². The predicted molar refractivity (Wildman–Crippen MR) is 78.4 cm³/mol. The lowest BCUT2D eigenvalue weighted by Crippen LogP contribution is -2.58. The van der Waals surface area contributed by atoms with Gasteiger partial charge in [-0.3, -0.25) is 9.69 Å². The summed E-state index contributed by atoms with van der Waals surface area (Å²) in [6.07, 6.45) is 4.73. The fourth-order valence-electron chi connectivity index (χ4n) is 2.60. The molecule has 0 aromatic rings. The zero-order valence-electron chi connectivity index (χ0n) is 12.3. The molecule has 112 valence electrons. The van der Waals surface area contributed by atoms with Gasteiger partial charge < -0.3 is 10.0 Å². The Balaban J connectivity index is 2.94. The summed E-state index contributed by atoms with van der Waals surface area (Å²) < 4.78 is 0. The van der Waals surface area contributed by atoms with Crippen LogP contribution in [0.25, 0.3) is 0 Å². The van der Waals surface area contributed by atoms with Crippen molar-refractivity contribution in [1.29, 1.82) is 0 Å². The Morgan fingerprint density at radius 2 is 1.90 bits per heavy atom. The second-order valence-corrected chi connectivity index (χ2v) is 5.54. The fourth-order valence-corrected chi connectivity index (χ4v) is 2.60. The number of carboxylic acids is 1. The topological polar surface area (TPSA) is 60.9 Å². The highest BCUT2D eigenvalue weighted by atomic mass is 16.4. The van der Waals surface area contributed by atoms with Crippen LogP contribution in [0.5, 0.6) is 0 Å². The smallest absolute Gasteiger partial charge is 0.326 e. The summed E-state index contributed by atoms with van der Waals surface area (Å²) in [7, 11) is 0. The molecule has 1 rings (SSSR count). The highest BCUT2D eigenvalue weighted by Crippen LogP contribution is 2.25. The Morgan fingerprint density at radius 1 is 1.35 bits per heavy atom. The van der Waals surface area contributed by atoms with E-state index in [1.165, 1.54) is 4.90 Å². The molecule has 1 atom stereocenters. The second-order valence-electron chi connectivity index (χ2n) is 5.54. The van der Waals surface area contributed by atoms with E-state index >= 15 is 0 Å². The summed E-state index contributed by atoms with van der Waals surface area (Å²) in [5.74, 6) is -1.07. The first kappa shape index (κ1) is 16.4. The van der Waals surface area contributed by atoms with Crippen LogP contribution < -0.4 is 0 Å². The van der Waals surface area contributed by atoms with E-state index in [1.54, 1.807) is 12.2 Å². The van der Waals surface area contributed by atoms with Crippen molar-refractivity contribution in [1.82, 2.24) is 9.80 Å². The molecule has 5 heteroatoms. The number of likely N-dealkylation sites (tertiary alicyclic amines) is 1. The van der Waals surface area contributed by atoms with Crippen molar-refractivity contribution < 1.29 is 14.7 Å². The third kappa shape index (κ3) is 3.28. The number of rotatable bonds is 7. The number of aliphatic carboxylic acids is 1. The van der Waals surface area contributed by atoms with Crippen molar-refractivity contribution in [3.63, 3.8) is 0 Å². The predicted octanol–water partition coefficient (Wildman–Crippen LogP) is 1.51. The Kier molecular flexibility index (Phi) is 5.51. The molecule has 0 aliphatic carbocycles. The largest absolute Gasteiger partial charge is 0.480 e. The summed E-state index contributed by atoms with van der Waals surface area (Å²) in [5, 5.41) is 9.20. The number of carboxylic acid groups (broad SMARTS) is 1. The van der Waals surface area contributed by atoms with Gasteiger partial charge >= 0.3 is 5.97 Å². The van der Waals surface area contributed by atoms with Crippen LogP contribution >= 0.6 is 0 Å². The van der Waals surface area contributed by atoms with Crippen molar-refractivity contribution in [3.8, 4) is 0 Å². The Hall–Kier alpha value is -1.62. The molecule has 0 radical (unpaired) electrons. The lowest BCUT2D eigenvalue weighted by molar-refractivity contribution is -0.153. The highest BCUT2D eigenvalue weighted by Gasteiger charge is 2.43. The molecule has 0 bridgehead atoms. The quantitative estimate of drug-likeness (QED) is 0.718. The summed E-state index contributed by atoms with van der Waals surface area (Å²) in [5.41, 5.74) is -0.777. The zero-order chi connectivity index (χ0) is 15.3. The SMILES string of the molecule is C=CCN(CC=C)C(C)(C)C(=O)N1CCCC1C(=O)O. The molecule has 1 unspecified atom stereocenters. The van der Waals surface area contributed by atoms with Gasteiger partial charge in [0.05, 0.1) is 5.54 Å². The number of carbonyl (C=O) groups excluding carboxylic acids is 1. The van der Waals surface area contributed by atoms with Crippen LogP contribution in [0.1, 0.15) is 26.7 Å². The van der Waals surface area contributed by atoms with E-state index in [0.717, 1.165) is 6.42 Å². The normalized spacial score (nSPS) is 19.1. The minimum Gasteiger partial charge on any atom is -0.480 e. The first-order valence-electron chi connectivity index (χ1n) is 6.87. The highest BCUT2D eigenvalue weighted by molar-refractivity contribution is 5.90. The monoisotopic (exact) mass is 280 g/mol. The molecular weight excluding hydrogens is 256 g/mol. The van der Waals surface area contributed by atoms with Gasteiger partial charge in [0.1, 0.15) is 6.04 Å². The molecule has 0 saturated carbocycles. The second kappa shape index (κ2) is 6.70.